The van der Waals surface area contributed by atoms with Crippen molar-refractivity contribution in [1.82, 2.24) is 19.7 Å². The van der Waals surface area contributed by atoms with Crippen molar-refractivity contribution in [3.63, 3.8) is 0 Å². The first kappa shape index (κ1) is 21.1. The summed E-state index contributed by atoms with van der Waals surface area (Å²) in [5.41, 5.74) is 6.02. The maximum absolute atomic E-state index is 11.9. The molecular weight excluding hydrogens is 440 g/mol. The minimum atomic E-state index is -0.0713. The number of nitrogens with one attached hydrogen (secondary N) is 1. The third-order valence-corrected chi connectivity index (χ3v) is 6.43. The van der Waals surface area contributed by atoms with Crippen LogP contribution < -0.4 is 0 Å². The summed E-state index contributed by atoms with van der Waals surface area (Å²) in [6.45, 7) is 3.73. The van der Waals surface area contributed by atoms with Crippen molar-refractivity contribution in [2.24, 2.45) is 0 Å². The van der Waals surface area contributed by atoms with Gasteiger partial charge in [0, 0.05) is 47.2 Å². The molecule has 2 aromatic carbocycles. The molecule has 0 fully saturated rings. The van der Waals surface area contributed by atoms with Gasteiger partial charge in [0.15, 0.2) is 0 Å². The fourth-order valence-electron chi connectivity index (χ4n) is 4.32. The summed E-state index contributed by atoms with van der Waals surface area (Å²) in [5, 5.41) is 1.24. The van der Waals surface area contributed by atoms with E-state index in [2.05, 4.69) is 94.3 Å². The second-order valence-electron chi connectivity index (χ2n) is 8.49. The Labute approximate surface area is 186 Å². The zero-order valence-corrected chi connectivity index (χ0v) is 19.4. The number of hydrogen-bond donors (Lipinski definition) is 1. The molecule has 3 aromatic rings. The number of amides is 1. The summed E-state index contributed by atoms with van der Waals surface area (Å²) in [5.74, 6) is 0. The molecule has 1 aliphatic rings. The van der Waals surface area contributed by atoms with Gasteiger partial charge in [-0.15, -0.1) is 0 Å². The lowest BCUT2D eigenvalue weighted by Gasteiger charge is -2.33. The average molecular weight is 469 g/mol. The number of likely N-dealkylation sites (N-methyl/N-ethyl adjacent to an activating group) is 2. The first-order valence-electron chi connectivity index (χ1n) is 10.4. The quantitative estimate of drug-likeness (QED) is 0.532. The van der Waals surface area contributed by atoms with E-state index in [9.17, 15) is 4.79 Å². The van der Waals surface area contributed by atoms with Crippen LogP contribution in [0.15, 0.2) is 46.9 Å². The monoisotopic (exact) mass is 468 g/mol. The van der Waals surface area contributed by atoms with E-state index in [0.717, 1.165) is 60.3 Å². The molecule has 1 aliphatic heterocycles. The SMILES string of the molecule is CN(C)CCN(C)Cc1ccc(C2c3[nH]c4ccc(Br)cc4c3CCN2C=O)cc1. The number of carbonyl (C=O) groups excluding carboxylic acids is 1. The average Bonchev–Trinajstić information content (AvgIpc) is 3.10. The van der Waals surface area contributed by atoms with E-state index in [1.165, 1.54) is 16.5 Å². The van der Waals surface area contributed by atoms with E-state index >= 15 is 0 Å². The number of hydrogen-bond acceptors (Lipinski definition) is 3. The minimum Gasteiger partial charge on any atom is -0.356 e. The molecule has 30 heavy (non-hydrogen) atoms. The lowest BCUT2D eigenvalue weighted by Crippen LogP contribution is -2.35. The Morgan fingerprint density at radius 1 is 1.13 bits per heavy atom. The van der Waals surface area contributed by atoms with Gasteiger partial charge in [0.1, 0.15) is 0 Å². The molecule has 0 saturated heterocycles. The molecule has 1 aromatic heterocycles. The largest absolute Gasteiger partial charge is 0.356 e. The van der Waals surface area contributed by atoms with Crippen molar-refractivity contribution in [3.05, 3.63) is 69.3 Å². The van der Waals surface area contributed by atoms with Crippen molar-refractivity contribution < 1.29 is 4.79 Å². The number of nitrogens with zero attached hydrogens (tertiary/aromatic N) is 3. The summed E-state index contributed by atoms with van der Waals surface area (Å²) in [4.78, 5) is 21.9. The van der Waals surface area contributed by atoms with Gasteiger partial charge in [-0.25, -0.2) is 0 Å². The van der Waals surface area contributed by atoms with Crippen molar-refractivity contribution in [1.29, 1.82) is 0 Å². The number of rotatable bonds is 7. The Morgan fingerprint density at radius 3 is 2.60 bits per heavy atom. The highest BCUT2D eigenvalue weighted by Crippen LogP contribution is 2.38. The maximum Gasteiger partial charge on any atom is 0.210 e. The van der Waals surface area contributed by atoms with Gasteiger partial charge in [-0.1, -0.05) is 40.2 Å². The standard InChI is InChI=1S/C24H29BrN4O/c1-27(2)12-13-28(3)15-17-4-6-18(7-5-17)24-23-20(10-11-29(24)16-30)21-14-19(25)8-9-22(21)26-23/h4-9,14,16,24,26H,10-13,15H2,1-3H3. The van der Waals surface area contributed by atoms with Crippen LogP contribution in [0.4, 0.5) is 0 Å². The fraction of sp³-hybridized carbons (Fsp3) is 0.375. The second-order valence-corrected chi connectivity index (χ2v) is 9.40. The number of carbonyl (C=O) groups is 1. The van der Waals surface area contributed by atoms with Crippen molar-refractivity contribution in [3.8, 4) is 0 Å². The van der Waals surface area contributed by atoms with Gasteiger partial charge in [-0.05, 0) is 62.5 Å². The zero-order valence-electron chi connectivity index (χ0n) is 17.9. The molecule has 5 nitrogen and oxygen atoms in total. The molecular formula is C24H29BrN4O. The molecule has 0 bridgehead atoms. The van der Waals surface area contributed by atoms with Crippen LogP contribution in [0.5, 0.6) is 0 Å². The number of benzene rings is 2. The predicted octanol–water partition coefficient (Wildman–Crippen LogP) is 4.03. The minimum absolute atomic E-state index is 0.0713. The van der Waals surface area contributed by atoms with Gasteiger partial charge in [0.25, 0.3) is 0 Å². The Kier molecular flexibility index (Phi) is 6.27. The molecule has 1 atom stereocenters. The summed E-state index contributed by atoms with van der Waals surface area (Å²) in [6, 6.07) is 15.0. The molecule has 158 valence electrons. The molecule has 6 heteroatoms. The van der Waals surface area contributed by atoms with Gasteiger partial charge >= 0.3 is 0 Å². The number of fused-ring (bicyclic) bond motifs is 3. The van der Waals surface area contributed by atoms with E-state index in [-0.39, 0.29) is 6.04 Å². The second kappa shape index (κ2) is 8.92. The van der Waals surface area contributed by atoms with Crippen molar-refractivity contribution >= 4 is 33.2 Å². The molecule has 0 aliphatic carbocycles. The molecule has 4 rings (SSSR count). The van der Waals surface area contributed by atoms with Crippen molar-refractivity contribution in [2.45, 2.75) is 19.0 Å². The maximum atomic E-state index is 11.9. The zero-order chi connectivity index (χ0) is 21.3. The van der Waals surface area contributed by atoms with Crippen LogP contribution in [-0.4, -0.2) is 66.9 Å². The Hall–Kier alpha value is -2.15. The first-order chi connectivity index (χ1) is 14.5. The summed E-state index contributed by atoms with van der Waals surface area (Å²) in [7, 11) is 6.35. The summed E-state index contributed by atoms with van der Waals surface area (Å²) >= 11 is 3.59. The van der Waals surface area contributed by atoms with E-state index in [1.54, 1.807) is 0 Å². The Bertz CT molecular complexity index is 1030. The Morgan fingerprint density at radius 2 is 1.90 bits per heavy atom. The highest BCUT2D eigenvalue weighted by atomic mass is 79.9. The van der Waals surface area contributed by atoms with Gasteiger partial charge < -0.3 is 19.7 Å². The summed E-state index contributed by atoms with van der Waals surface area (Å²) < 4.78 is 1.08. The topological polar surface area (TPSA) is 42.6 Å². The van der Waals surface area contributed by atoms with E-state index in [0.29, 0.717) is 0 Å². The predicted molar refractivity (Wildman–Crippen MR) is 126 cm³/mol. The van der Waals surface area contributed by atoms with Crippen LogP contribution in [0.1, 0.15) is 28.4 Å². The Balaban J connectivity index is 1.61. The first-order valence-corrected chi connectivity index (χ1v) is 11.2. The van der Waals surface area contributed by atoms with Crippen LogP contribution in [0, 0.1) is 0 Å². The van der Waals surface area contributed by atoms with Gasteiger partial charge in [-0.3, -0.25) is 4.79 Å². The molecule has 2 heterocycles. The molecule has 1 amide bonds. The normalized spacial score (nSPS) is 16.5. The lowest BCUT2D eigenvalue weighted by atomic mass is 9.92. The molecule has 0 spiro atoms. The highest BCUT2D eigenvalue weighted by Gasteiger charge is 2.30. The lowest BCUT2D eigenvalue weighted by molar-refractivity contribution is -0.120. The smallest absolute Gasteiger partial charge is 0.210 e. The van der Waals surface area contributed by atoms with Crippen LogP contribution in [0.3, 0.4) is 0 Å². The number of H-pyrrole nitrogens is 1. The number of aromatic nitrogens is 1. The molecule has 0 radical (unpaired) electrons. The van der Waals surface area contributed by atoms with E-state index in [1.807, 2.05) is 4.90 Å². The van der Waals surface area contributed by atoms with Gasteiger partial charge in [-0.2, -0.15) is 0 Å². The third-order valence-electron chi connectivity index (χ3n) is 5.94. The van der Waals surface area contributed by atoms with E-state index < -0.39 is 0 Å². The van der Waals surface area contributed by atoms with Crippen LogP contribution >= 0.6 is 15.9 Å². The molecule has 1 unspecified atom stereocenters. The third kappa shape index (κ3) is 4.31. The van der Waals surface area contributed by atoms with Crippen LogP contribution in [-0.2, 0) is 17.8 Å². The molecule has 1 N–H and O–H groups in total. The van der Waals surface area contributed by atoms with Crippen molar-refractivity contribution in [2.75, 3.05) is 40.8 Å². The number of aromatic amines is 1. The van der Waals surface area contributed by atoms with Crippen LogP contribution in [0.2, 0.25) is 0 Å². The van der Waals surface area contributed by atoms with Gasteiger partial charge in [0.2, 0.25) is 6.41 Å². The molecule has 0 saturated carbocycles. The van der Waals surface area contributed by atoms with Gasteiger partial charge in [0.05, 0.1) is 6.04 Å². The fourth-order valence-corrected chi connectivity index (χ4v) is 4.68. The highest BCUT2D eigenvalue weighted by molar-refractivity contribution is 9.10. The van der Waals surface area contributed by atoms with Crippen LogP contribution in [0.25, 0.3) is 10.9 Å². The van der Waals surface area contributed by atoms with E-state index in [4.69, 9.17) is 0 Å². The number of halogens is 1. The summed E-state index contributed by atoms with van der Waals surface area (Å²) in [6.07, 6.45) is 1.85.